The molecule has 22 heavy (non-hydrogen) atoms. The Morgan fingerprint density at radius 1 is 1.18 bits per heavy atom. The van der Waals surface area contributed by atoms with Crippen LogP contribution in [0.15, 0.2) is 33.5 Å². The Kier molecular flexibility index (Phi) is 4.32. The second-order valence-corrected chi connectivity index (χ2v) is 6.37. The van der Waals surface area contributed by atoms with Gasteiger partial charge in [-0.3, -0.25) is 0 Å². The molecule has 0 amide bonds. The molecule has 1 aromatic carbocycles. The molecule has 2 atom stereocenters. The molecule has 2 aromatic rings. The van der Waals surface area contributed by atoms with Crippen LogP contribution in [0.2, 0.25) is 0 Å². The Balaban J connectivity index is 1.96. The van der Waals surface area contributed by atoms with E-state index >= 15 is 0 Å². The summed E-state index contributed by atoms with van der Waals surface area (Å²) in [5.74, 6) is 0. The number of morpholine rings is 1. The van der Waals surface area contributed by atoms with Crippen LogP contribution in [0.4, 0.5) is 0 Å². The van der Waals surface area contributed by atoms with E-state index < -0.39 is 0 Å². The smallest absolute Gasteiger partial charge is 0.336 e. The van der Waals surface area contributed by atoms with Gasteiger partial charge in [-0.2, -0.15) is 0 Å². The Bertz CT molecular complexity index is 712. The largest absolute Gasteiger partial charge is 0.423 e. The number of hydrogen-bond donors (Lipinski definition) is 1. The summed E-state index contributed by atoms with van der Waals surface area (Å²) in [4.78, 5) is 13.3. The number of ether oxygens (including phenoxy) is 1. The number of nitrogens with one attached hydrogen (secondary N) is 1. The van der Waals surface area contributed by atoms with Crippen LogP contribution in [0.1, 0.15) is 31.9 Å². The highest BCUT2D eigenvalue weighted by molar-refractivity contribution is 5.80. The SMILES string of the molecule is CCc1ccc2oc(=O)cc(C[NH+]3C[C@H](C)O[C@@H](C)C3)c2c1. The summed E-state index contributed by atoms with van der Waals surface area (Å²) in [6.07, 6.45) is 1.50. The average molecular weight is 302 g/mol. The molecular formula is C18H24NO3+. The van der Waals surface area contributed by atoms with Gasteiger partial charge >= 0.3 is 5.63 Å². The molecule has 0 unspecified atom stereocenters. The van der Waals surface area contributed by atoms with Gasteiger partial charge in [-0.15, -0.1) is 0 Å². The zero-order valence-electron chi connectivity index (χ0n) is 13.5. The van der Waals surface area contributed by atoms with Gasteiger partial charge < -0.3 is 14.1 Å². The third kappa shape index (κ3) is 3.23. The van der Waals surface area contributed by atoms with Crippen molar-refractivity contribution in [3.05, 3.63) is 45.8 Å². The highest BCUT2D eigenvalue weighted by Crippen LogP contribution is 2.19. The van der Waals surface area contributed by atoms with Crippen LogP contribution in [-0.2, 0) is 17.7 Å². The quantitative estimate of drug-likeness (QED) is 0.875. The minimum Gasteiger partial charge on any atom is -0.423 e. The van der Waals surface area contributed by atoms with Gasteiger partial charge in [0.25, 0.3) is 0 Å². The third-order valence-electron chi connectivity index (χ3n) is 4.36. The van der Waals surface area contributed by atoms with Crippen molar-refractivity contribution in [1.82, 2.24) is 0 Å². The number of benzene rings is 1. The fourth-order valence-corrected chi connectivity index (χ4v) is 3.44. The summed E-state index contributed by atoms with van der Waals surface area (Å²) < 4.78 is 11.1. The van der Waals surface area contributed by atoms with E-state index in [1.165, 1.54) is 10.5 Å². The van der Waals surface area contributed by atoms with E-state index in [2.05, 4.69) is 26.8 Å². The first-order valence-corrected chi connectivity index (χ1v) is 8.10. The molecule has 4 nitrogen and oxygen atoms in total. The molecule has 0 saturated carbocycles. The third-order valence-corrected chi connectivity index (χ3v) is 4.36. The number of hydrogen-bond acceptors (Lipinski definition) is 3. The first-order valence-electron chi connectivity index (χ1n) is 8.10. The zero-order valence-corrected chi connectivity index (χ0v) is 13.5. The van der Waals surface area contributed by atoms with Crippen molar-refractivity contribution < 1.29 is 14.1 Å². The second kappa shape index (κ2) is 6.23. The Labute approximate surface area is 130 Å². The lowest BCUT2D eigenvalue weighted by molar-refractivity contribution is -0.928. The fraction of sp³-hybridized carbons (Fsp3) is 0.500. The Hall–Kier alpha value is -1.65. The van der Waals surface area contributed by atoms with Crippen molar-refractivity contribution in [2.24, 2.45) is 0 Å². The first-order chi connectivity index (χ1) is 10.5. The molecule has 0 aliphatic carbocycles. The average Bonchev–Trinajstić information content (AvgIpc) is 2.45. The molecule has 1 aromatic heterocycles. The molecule has 0 radical (unpaired) electrons. The van der Waals surface area contributed by atoms with E-state index in [1.54, 1.807) is 6.07 Å². The maximum atomic E-state index is 11.8. The summed E-state index contributed by atoms with van der Waals surface area (Å²) in [5, 5.41) is 1.07. The lowest BCUT2D eigenvalue weighted by Gasteiger charge is -2.32. The fourth-order valence-electron chi connectivity index (χ4n) is 3.44. The standard InChI is InChI=1S/C18H23NO3/c1-4-14-5-6-17-16(7-14)15(8-18(20)22-17)11-19-9-12(2)21-13(3)10-19/h5-8,12-13H,4,9-11H2,1-3H3/p+1/t12-,13-/m0/s1. The zero-order chi connectivity index (χ0) is 15.7. The van der Waals surface area contributed by atoms with Gasteiger partial charge in [0, 0.05) is 17.0 Å². The summed E-state index contributed by atoms with van der Waals surface area (Å²) in [5.41, 5.74) is 2.77. The summed E-state index contributed by atoms with van der Waals surface area (Å²) in [6.45, 7) is 9.15. The van der Waals surface area contributed by atoms with Gasteiger partial charge in [0.15, 0.2) is 0 Å². The molecule has 0 bridgehead atoms. The minimum atomic E-state index is -0.263. The van der Waals surface area contributed by atoms with Crippen LogP contribution in [0.3, 0.4) is 0 Å². The predicted octanol–water partition coefficient (Wildman–Crippen LogP) is 1.55. The van der Waals surface area contributed by atoms with Crippen LogP contribution >= 0.6 is 0 Å². The van der Waals surface area contributed by atoms with Crippen molar-refractivity contribution in [3.63, 3.8) is 0 Å². The maximum Gasteiger partial charge on any atom is 0.336 e. The molecule has 2 heterocycles. The lowest BCUT2D eigenvalue weighted by Crippen LogP contribution is -3.14. The van der Waals surface area contributed by atoms with Crippen LogP contribution in [-0.4, -0.2) is 25.3 Å². The maximum absolute atomic E-state index is 11.8. The summed E-state index contributed by atoms with van der Waals surface area (Å²) >= 11 is 0. The predicted molar refractivity (Wildman–Crippen MR) is 86.3 cm³/mol. The highest BCUT2D eigenvalue weighted by Gasteiger charge is 2.26. The van der Waals surface area contributed by atoms with E-state index in [0.29, 0.717) is 5.58 Å². The molecular weight excluding hydrogens is 278 g/mol. The van der Waals surface area contributed by atoms with Crippen LogP contribution in [0.25, 0.3) is 11.0 Å². The normalized spacial score (nSPS) is 25.5. The Morgan fingerprint density at radius 2 is 1.91 bits per heavy atom. The van der Waals surface area contributed by atoms with E-state index in [1.807, 2.05) is 12.1 Å². The van der Waals surface area contributed by atoms with Crippen molar-refractivity contribution in [3.8, 4) is 0 Å². The van der Waals surface area contributed by atoms with E-state index in [-0.39, 0.29) is 17.8 Å². The molecule has 1 aliphatic heterocycles. The number of quaternary nitrogens is 1. The van der Waals surface area contributed by atoms with Crippen molar-refractivity contribution >= 4 is 11.0 Å². The van der Waals surface area contributed by atoms with Gasteiger partial charge in [-0.25, -0.2) is 4.79 Å². The van der Waals surface area contributed by atoms with E-state index in [9.17, 15) is 4.79 Å². The topological polar surface area (TPSA) is 43.9 Å². The molecule has 1 aliphatic rings. The molecule has 1 N–H and O–H groups in total. The van der Waals surface area contributed by atoms with E-state index in [4.69, 9.17) is 9.15 Å². The number of fused-ring (bicyclic) bond motifs is 1. The van der Waals surface area contributed by atoms with Crippen LogP contribution < -0.4 is 10.5 Å². The van der Waals surface area contributed by atoms with Gasteiger partial charge in [-0.05, 0) is 38.0 Å². The van der Waals surface area contributed by atoms with Gasteiger partial charge in [0.2, 0.25) is 0 Å². The molecule has 118 valence electrons. The van der Waals surface area contributed by atoms with Crippen molar-refractivity contribution in [2.45, 2.75) is 45.9 Å². The van der Waals surface area contributed by atoms with Gasteiger partial charge in [-0.1, -0.05) is 13.0 Å². The van der Waals surface area contributed by atoms with Crippen molar-refractivity contribution in [2.75, 3.05) is 13.1 Å². The van der Waals surface area contributed by atoms with E-state index in [0.717, 1.165) is 37.0 Å². The number of aryl methyl sites for hydroxylation is 1. The van der Waals surface area contributed by atoms with Crippen LogP contribution in [0, 0.1) is 0 Å². The molecule has 1 saturated heterocycles. The van der Waals surface area contributed by atoms with Gasteiger partial charge in [0.05, 0.1) is 0 Å². The van der Waals surface area contributed by atoms with Gasteiger partial charge in [0.1, 0.15) is 37.4 Å². The highest BCUT2D eigenvalue weighted by atomic mass is 16.5. The second-order valence-electron chi connectivity index (χ2n) is 6.37. The molecule has 1 fully saturated rings. The summed E-state index contributed by atoms with van der Waals surface area (Å²) in [6, 6.07) is 7.75. The molecule has 3 rings (SSSR count). The molecule has 4 heteroatoms. The monoisotopic (exact) mass is 302 g/mol. The summed E-state index contributed by atoms with van der Waals surface area (Å²) in [7, 11) is 0. The first kappa shape index (κ1) is 15.3. The lowest BCUT2D eigenvalue weighted by atomic mass is 10.0. The van der Waals surface area contributed by atoms with Crippen molar-refractivity contribution in [1.29, 1.82) is 0 Å². The Morgan fingerprint density at radius 3 is 2.59 bits per heavy atom. The minimum absolute atomic E-state index is 0.260. The molecule has 0 spiro atoms. The van der Waals surface area contributed by atoms with Crippen LogP contribution in [0.5, 0.6) is 0 Å². The number of rotatable bonds is 3.